The highest BCUT2D eigenvalue weighted by Gasteiger charge is 2.06. The quantitative estimate of drug-likeness (QED) is 0.826. The summed E-state index contributed by atoms with van der Waals surface area (Å²) in [6.45, 7) is 6.84. The third-order valence-corrected chi connectivity index (χ3v) is 2.54. The van der Waals surface area contributed by atoms with Gasteiger partial charge in [-0.1, -0.05) is 13.8 Å². The van der Waals surface area contributed by atoms with E-state index >= 15 is 0 Å². The molecule has 1 N–H and O–H groups in total. The minimum absolute atomic E-state index is 0.0593. The maximum Gasteiger partial charge on any atom is 0.226 e. The molecule has 1 aromatic rings. The van der Waals surface area contributed by atoms with E-state index in [9.17, 15) is 4.79 Å². The Morgan fingerprint density at radius 3 is 2.86 bits per heavy atom. The van der Waals surface area contributed by atoms with Gasteiger partial charge in [0.1, 0.15) is 0 Å². The third-order valence-electron chi connectivity index (χ3n) is 1.72. The number of aryl methyl sites for hydroxylation is 1. The van der Waals surface area contributed by atoms with Gasteiger partial charge in [-0.3, -0.25) is 4.79 Å². The monoisotopic (exact) mass is 212 g/mol. The number of nitrogens with zero attached hydrogens (tertiary/aromatic N) is 1. The van der Waals surface area contributed by atoms with E-state index in [0.717, 1.165) is 17.2 Å². The first kappa shape index (κ1) is 11.2. The van der Waals surface area contributed by atoms with Crippen LogP contribution >= 0.6 is 11.3 Å². The van der Waals surface area contributed by atoms with Crippen LogP contribution < -0.4 is 5.32 Å². The number of amides is 1. The zero-order chi connectivity index (χ0) is 10.6. The second-order valence-electron chi connectivity index (χ2n) is 3.73. The number of rotatable bonds is 4. The minimum Gasteiger partial charge on any atom is -0.356 e. The van der Waals surface area contributed by atoms with Gasteiger partial charge in [-0.25, -0.2) is 4.98 Å². The average molecular weight is 212 g/mol. The van der Waals surface area contributed by atoms with Crippen LogP contribution in [0.3, 0.4) is 0 Å². The topological polar surface area (TPSA) is 42.0 Å². The maximum atomic E-state index is 11.4. The van der Waals surface area contributed by atoms with E-state index in [4.69, 9.17) is 0 Å². The summed E-state index contributed by atoms with van der Waals surface area (Å²) in [5.41, 5.74) is 0.869. The molecule has 3 nitrogen and oxygen atoms in total. The van der Waals surface area contributed by atoms with Gasteiger partial charge in [-0.2, -0.15) is 0 Å². The van der Waals surface area contributed by atoms with Crippen LogP contribution in [0.1, 0.15) is 24.5 Å². The summed E-state index contributed by atoms with van der Waals surface area (Å²) in [6, 6.07) is 0. The summed E-state index contributed by atoms with van der Waals surface area (Å²) in [4.78, 5) is 15.6. The largest absolute Gasteiger partial charge is 0.356 e. The van der Waals surface area contributed by atoms with Crippen LogP contribution in [0.2, 0.25) is 0 Å². The fourth-order valence-electron chi connectivity index (χ4n) is 1.03. The number of carbonyl (C=O) groups excluding carboxylic acids is 1. The number of carbonyl (C=O) groups is 1. The lowest BCUT2D eigenvalue weighted by molar-refractivity contribution is -0.120. The normalized spacial score (nSPS) is 10.6. The molecular formula is C10H16N2OS. The summed E-state index contributed by atoms with van der Waals surface area (Å²) in [7, 11) is 0. The van der Waals surface area contributed by atoms with Crippen molar-refractivity contribution in [2.24, 2.45) is 5.92 Å². The average Bonchev–Trinajstić information content (AvgIpc) is 2.48. The molecule has 1 heterocycles. The highest BCUT2D eigenvalue weighted by molar-refractivity contribution is 7.09. The minimum atomic E-state index is 0.0593. The zero-order valence-corrected chi connectivity index (χ0v) is 9.65. The Kier molecular flexibility index (Phi) is 4.07. The van der Waals surface area contributed by atoms with Gasteiger partial charge in [0.15, 0.2) is 0 Å². The Hall–Kier alpha value is -0.900. The van der Waals surface area contributed by atoms with E-state index in [-0.39, 0.29) is 5.91 Å². The first-order valence-corrected chi connectivity index (χ1v) is 5.63. The molecule has 0 bridgehead atoms. The molecule has 4 heteroatoms. The van der Waals surface area contributed by atoms with Crippen molar-refractivity contribution < 1.29 is 4.79 Å². The highest BCUT2D eigenvalue weighted by atomic mass is 32.1. The van der Waals surface area contributed by atoms with E-state index in [0.29, 0.717) is 12.3 Å². The van der Waals surface area contributed by atoms with Crippen molar-refractivity contribution in [3.63, 3.8) is 0 Å². The fraction of sp³-hybridized carbons (Fsp3) is 0.600. The van der Waals surface area contributed by atoms with Crippen molar-refractivity contribution in [3.05, 3.63) is 16.1 Å². The van der Waals surface area contributed by atoms with Gasteiger partial charge in [-0.15, -0.1) is 11.3 Å². The van der Waals surface area contributed by atoms with Crippen molar-refractivity contribution in [1.29, 1.82) is 0 Å². The number of aromatic nitrogens is 1. The van der Waals surface area contributed by atoms with Gasteiger partial charge in [-0.05, 0) is 12.8 Å². The molecule has 14 heavy (non-hydrogen) atoms. The standard InChI is InChI=1S/C10H16N2OS/c1-7(2)5-11-10(13)4-9-6-14-8(3)12-9/h6-7H,4-5H2,1-3H3,(H,11,13). The molecule has 78 valence electrons. The second-order valence-corrected chi connectivity index (χ2v) is 4.79. The van der Waals surface area contributed by atoms with Crippen molar-refractivity contribution in [2.45, 2.75) is 27.2 Å². The molecule has 0 saturated carbocycles. The lowest BCUT2D eigenvalue weighted by atomic mass is 10.2. The molecule has 0 spiro atoms. The molecule has 0 saturated heterocycles. The number of thiazole rings is 1. The predicted octanol–water partition coefficient (Wildman–Crippen LogP) is 1.77. The Bertz CT molecular complexity index is 307. The third kappa shape index (κ3) is 3.87. The van der Waals surface area contributed by atoms with Crippen molar-refractivity contribution in [1.82, 2.24) is 10.3 Å². The summed E-state index contributed by atoms with van der Waals surface area (Å²) < 4.78 is 0. The number of hydrogen-bond acceptors (Lipinski definition) is 3. The molecule has 0 aromatic carbocycles. The van der Waals surface area contributed by atoms with Gasteiger partial charge in [0, 0.05) is 11.9 Å². The van der Waals surface area contributed by atoms with E-state index in [1.165, 1.54) is 0 Å². The van der Waals surface area contributed by atoms with Crippen LogP contribution in [-0.2, 0) is 11.2 Å². The van der Waals surface area contributed by atoms with Gasteiger partial charge in [0.05, 0.1) is 17.1 Å². The number of hydrogen-bond donors (Lipinski definition) is 1. The molecule has 0 atom stereocenters. The smallest absolute Gasteiger partial charge is 0.226 e. The summed E-state index contributed by atoms with van der Waals surface area (Å²) in [5, 5.41) is 5.81. The molecule has 1 rings (SSSR count). The Balaban J connectivity index is 2.34. The van der Waals surface area contributed by atoms with Crippen LogP contribution in [0.25, 0.3) is 0 Å². The van der Waals surface area contributed by atoms with E-state index in [1.54, 1.807) is 11.3 Å². The molecular weight excluding hydrogens is 196 g/mol. The van der Waals surface area contributed by atoms with Gasteiger partial charge in [0.25, 0.3) is 0 Å². The molecule has 1 aromatic heterocycles. The van der Waals surface area contributed by atoms with Crippen LogP contribution in [-0.4, -0.2) is 17.4 Å². The fourth-order valence-corrected chi connectivity index (χ4v) is 1.65. The number of nitrogens with one attached hydrogen (secondary N) is 1. The Labute approximate surface area is 88.6 Å². The first-order valence-electron chi connectivity index (χ1n) is 4.75. The SMILES string of the molecule is Cc1nc(CC(=O)NCC(C)C)cs1. The van der Waals surface area contributed by atoms with Crippen LogP contribution in [0, 0.1) is 12.8 Å². The molecule has 0 radical (unpaired) electrons. The van der Waals surface area contributed by atoms with E-state index in [2.05, 4.69) is 24.1 Å². The second kappa shape index (κ2) is 5.10. The highest BCUT2D eigenvalue weighted by Crippen LogP contribution is 2.08. The first-order chi connectivity index (χ1) is 6.58. The zero-order valence-electron chi connectivity index (χ0n) is 8.83. The predicted molar refractivity (Wildman–Crippen MR) is 58.4 cm³/mol. The summed E-state index contributed by atoms with van der Waals surface area (Å²) in [6.07, 6.45) is 0.400. The van der Waals surface area contributed by atoms with E-state index in [1.807, 2.05) is 12.3 Å². The van der Waals surface area contributed by atoms with Crippen molar-refractivity contribution in [2.75, 3.05) is 6.54 Å². The van der Waals surface area contributed by atoms with Gasteiger partial charge in [0.2, 0.25) is 5.91 Å². The molecule has 0 aliphatic heterocycles. The lowest BCUT2D eigenvalue weighted by Gasteiger charge is -2.05. The van der Waals surface area contributed by atoms with Crippen LogP contribution in [0.5, 0.6) is 0 Å². The van der Waals surface area contributed by atoms with Gasteiger partial charge < -0.3 is 5.32 Å². The van der Waals surface area contributed by atoms with Crippen LogP contribution in [0.15, 0.2) is 5.38 Å². The molecule has 0 aliphatic rings. The van der Waals surface area contributed by atoms with Gasteiger partial charge >= 0.3 is 0 Å². The molecule has 0 unspecified atom stereocenters. The molecule has 1 amide bonds. The summed E-state index contributed by atoms with van der Waals surface area (Å²) >= 11 is 1.58. The van der Waals surface area contributed by atoms with Crippen molar-refractivity contribution >= 4 is 17.2 Å². The maximum absolute atomic E-state index is 11.4. The Morgan fingerprint density at radius 2 is 2.36 bits per heavy atom. The Morgan fingerprint density at radius 1 is 1.64 bits per heavy atom. The van der Waals surface area contributed by atoms with Crippen LogP contribution in [0.4, 0.5) is 0 Å². The molecule has 0 aliphatic carbocycles. The molecule has 0 fully saturated rings. The van der Waals surface area contributed by atoms with Crippen molar-refractivity contribution in [3.8, 4) is 0 Å². The lowest BCUT2D eigenvalue weighted by Crippen LogP contribution is -2.28. The summed E-state index contributed by atoms with van der Waals surface area (Å²) in [5.74, 6) is 0.556. The van der Waals surface area contributed by atoms with E-state index < -0.39 is 0 Å².